The molecule has 1 amide bonds. The van der Waals surface area contributed by atoms with Crippen LogP contribution in [0.25, 0.3) is 0 Å². The quantitative estimate of drug-likeness (QED) is 0.772. The van der Waals surface area contributed by atoms with Crippen LogP contribution < -0.4 is 10.1 Å². The van der Waals surface area contributed by atoms with Crippen LogP contribution in [0.1, 0.15) is 12.0 Å². The summed E-state index contributed by atoms with van der Waals surface area (Å²) >= 11 is 0. The minimum Gasteiger partial charge on any atom is -0.480 e. The predicted molar refractivity (Wildman–Crippen MR) is 53.2 cm³/mol. The number of carbonyl (C=O) groups excluding carboxylic acids is 1. The molecule has 0 spiro atoms. The van der Waals surface area contributed by atoms with Crippen molar-refractivity contribution in [3.63, 3.8) is 0 Å². The minimum absolute atomic E-state index is 0.0858. The molecule has 1 saturated heterocycles. The number of hydrogen-bond acceptors (Lipinski definition) is 3. The molecule has 0 saturated carbocycles. The van der Waals surface area contributed by atoms with Crippen LogP contribution in [0.3, 0.4) is 0 Å². The summed E-state index contributed by atoms with van der Waals surface area (Å²) in [5.41, 5.74) is 0.533. The van der Waals surface area contributed by atoms with Crippen molar-refractivity contribution < 1.29 is 9.53 Å². The Labute approximate surface area is 87.5 Å². The summed E-state index contributed by atoms with van der Waals surface area (Å²) in [4.78, 5) is 11.2. The molecule has 76 valence electrons. The number of ether oxygens (including phenoxy) is 1. The van der Waals surface area contributed by atoms with Crippen LogP contribution in [0.5, 0.6) is 5.75 Å². The van der Waals surface area contributed by atoms with E-state index in [2.05, 4.69) is 5.32 Å². The van der Waals surface area contributed by atoms with Crippen molar-refractivity contribution in [1.29, 1.82) is 5.26 Å². The molecule has 0 aromatic heterocycles. The molecule has 1 aliphatic rings. The van der Waals surface area contributed by atoms with Gasteiger partial charge in [-0.15, -0.1) is 0 Å². The zero-order valence-corrected chi connectivity index (χ0v) is 8.06. The van der Waals surface area contributed by atoms with E-state index in [4.69, 9.17) is 10.00 Å². The highest BCUT2D eigenvalue weighted by Crippen LogP contribution is 2.16. The maximum absolute atomic E-state index is 11.2. The van der Waals surface area contributed by atoms with Crippen molar-refractivity contribution in [2.45, 2.75) is 12.5 Å². The number of nitrogens with zero attached hydrogens (tertiary/aromatic N) is 1. The van der Waals surface area contributed by atoms with Gasteiger partial charge in [-0.3, -0.25) is 4.79 Å². The third-order valence-corrected chi connectivity index (χ3v) is 2.24. The fourth-order valence-corrected chi connectivity index (χ4v) is 1.49. The number of nitrogens with one attached hydrogen (secondary N) is 1. The van der Waals surface area contributed by atoms with Crippen LogP contribution in [0, 0.1) is 11.3 Å². The van der Waals surface area contributed by atoms with E-state index in [9.17, 15) is 4.79 Å². The summed E-state index contributed by atoms with van der Waals surface area (Å²) in [6.07, 6.45) is 0.259. The normalized spacial score (nSPS) is 19.4. The smallest absolute Gasteiger partial charge is 0.261 e. The van der Waals surface area contributed by atoms with Crippen molar-refractivity contribution in [1.82, 2.24) is 5.32 Å². The second kappa shape index (κ2) is 4.01. The molecule has 1 aliphatic heterocycles. The molecular weight excluding hydrogens is 192 g/mol. The third-order valence-electron chi connectivity index (χ3n) is 2.24. The number of hydrogen-bond donors (Lipinski definition) is 1. The average Bonchev–Trinajstić information content (AvgIpc) is 2.65. The molecule has 0 radical (unpaired) electrons. The van der Waals surface area contributed by atoms with E-state index in [-0.39, 0.29) is 5.91 Å². The van der Waals surface area contributed by atoms with Crippen LogP contribution in [-0.2, 0) is 4.79 Å². The largest absolute Gasteiger partial charge is 0.480 e. The first kappa shape index (κ1) is 9.53. The Balaban J connectivity index is 2.10. The molecule has 1 atom stereocenters. The Morgan fingerprint density at radius 2 is 2.40 bits per heavy atom. The zero-order valence-electron chi connectivity index (χ0n) is 8.06. The SMILES string of the molecule is N#Cc1cccc(OC2CCNC2=O)c1. The fraction of sp³-hybridized carbons (Fsp3) is 0.273. The lowest BCUT2D eigenvalue weighted by atomic mass is 10.2. The summed E-state index contributed by atoms with van der Waals surface area (Å²) in [7, 11) is 0. The molecule has 4 nitrogen and oxygen atoms in total. The van der Waals surface area contributed by atoms with E-state index < -0.39 is 6.10 Å². The Morgan fingerprint density at radius 1 is 1.53 bits per heavy atom. The Hall–Kier alpha value is -2.02. The highest BCUT2D eigenvalue weighted by molar-refractivity contribution is 5.83. The molecule has 1 aromatic carbocycles. The van der Waals surface area contributed by atoms with Crippen molar-refractivity contribution in [3.8, 4) is 11.8 Å². The van der Waals surface area contributed by atoms with Crippen LogP contribution in [0.2, 0.25) is 0 Å². The molecule has 0 bridgehead atoms. The molecule has 4 heteroatoms. The standard InChI is InChI=1S/C11H10N2O2/c12-7-8-2-1-3-9(6-8)15-10-4-5-13-11(10)14/h1-3,6,10H,4-5H2,(H,13,14). The molecular formula is C11H10N2O2. The van der Waals surface area contributed by atoms with Crippen molar-refractivity contribution in [3.05, 3.63) is 29.8 Å². The number of benzene rings is 1. The Morgan fingerprint density at radius 3 is 3.07 bits per heavy atom. The summed E-state index contributed by atoms with van der Waals surface area (Å²) in [6.45, 7) is 0.654. The monoisotopic (exact) mass is 202 g/mol. The van der Waals surface area contributed by atoms with Crippen LogP contribution >= 0.6 is 0 Å². The summed E-state index contributed by atoms with van der Waals surface area (Å²) < 4.78 is 5.47. The summed E-state index contributed by atoms with van der Waals surface area (Å²) in [5, 5.41) is 11.4. The highest BCUT2D eigenvalue weighted by atomic mass is 16.5. The molecule has 1 N–H and O–H groups in total. The van der Waals surface area contributed by atoms with E-state index in [1.807, 2.05) is 6.07 Å². The van der Waals surface area contributed by atoms with E-state index in [0.29, 0.717) is 24.3 Å². The number of amides is 1. The van der Waals surface area contributed by atoms with Gasteiger partial charge in [0.1, 0.15) is 5.75 Å². The second-order valence-corrected chi connectivity index (χ2v) is 3.33. The lowest BCUT2D eigenvalue weighted by Crippen LogP contribution is -2.27. The van der Waals surface area contributed by atoms with Gasteiger partial charge in [0.25, 0.3) is 5.91 Å². The van der Waals surface area contributed by atoms with Crippen molar-refractivity contribution >= 4 is 5.91 Å². The molecule has 1 unspecified atom stereocenters. The van der Waals surface area contributed by atoms with Gasteiger partial charge in [-0.1, -0.05) is 6.07 Å². The van der Waals surface area contributed by atoms with Crippen LogP contribution in [-0.4, -0.2) is 18.6 Å². The van der Waals surface area contributed by atoms with Crippen molar-refractivity contribution in [2.75, 3.05) is 6.54 Å². The minimum atomic E-state index is -0.418. The van der Waals surface area contributed by atoms with E-state index in [0.717, 1.165) is 0 Å². The molecule has 0 aliphatic carbocycles. The topological polar surface area (TPSA) is 62.1 Å². The number of rotatable bonds is 2. The first-order chi connectivity index (χ1) is 7.29. The maximum atomic E-state index is 11.2. The molecule has 1 fully saturated rings. The van der Waals surface area contributed by atoms with E-state index in [1.54, 1.807) is 24.3 Å². The van der Waals surface area contributed by atoms with Gasteiger partial charge in [0.2, 0.25) is 0 Å². The molecule has 2 rings (SSSR count). The maximum Gasteiger partial charge on any atom is 0.261 e. The van der Waals surface area contributed by atoms with Crippen LogP contribution in [0.4, 0.5) is 0 Å². The molecule has 1 aromatic rings. The Kier molecular flexibility index (Phi) is 2.55. The lowest BCUT2D eigenvalue weighted by Gasteiger charge is -2.10. The number of carbonyl (C=O) groups is 1. The van der Waals surface area contributed by atoms with Crippen molar-refractivity contribution in [2.24, 2.45) is 0 Å². The molecule has 1 heterocycles. The fourth-order valence-electron chi connectivity index (χ4n) is 1.49. The van der Waals surface area contributed by atoms with Gasteiger partial charge in [-0.2, -0.15) is 5.26 Å². The second-order valence-electron chi connectivity index (χ2n) is 3.33. The first-order valence-electron chi connectivity index (χ1n) is 4.74. The predicted octanol–water partition coefficient (Wildman–Crippen LogP) is 0.826. The van der Waals surface area contributed by atoms with Crippen LogP contribution in [0.15, 0.2) is 24.3 Å². The Bertz CT molecular complexity index is 423. The first-order valence-corrected chi connectivity index (χ1v) is 4.74. The van der Waals surface area contributed by atoms with Gasteiger partial charge in [0.15, 0.2) is 6.10 Å². The van der Waals surface area contributed by atoms with Gasteiger partial charge in [-0.05, 0) is 18.2 Å². The van der Waals surface area contributed by atoms with E-state index >= 15 is 0 Å². The van der Waals surface area contributed by atoms with Gasteiger partial charge in [0, 0.05) is 13.0 Å². The highest BCUT2D eigenvalue weighted by Gasteiger charge is 2.25. The summed E-state index contributed by atoms with van der Waals surface area (Å²) in [5.74, 6) is 0.480. The number of nitriles is 1. The van der Waals surface area contributed by atoms with E-state index in [1.165, 1.54) is 0 Å². The summed E-state index contributed by atoms with van der Waals surface area (Å²) in [6, 6.07) is 8.83. The molecule has 15 heavy (non-hydrogen) atoms. The van der Waals surface area contributed by atoms with Gasteiger partial charge in [0.05, 0.1) is 11.6 Å². The zero-order chi connectivity index (χ0) is 10.7. The average molecular weight is 202 g/mol. The van der Waals surface area contributed by atoms with Gasteiger partial charge < -0.3 is 10.1 Å². The van der Waals surface area contributed by atoms with Gasteiger partial charge >= 0.3 is 0 Å². The lowest BCUT2D eigenvalue weighted by molar-refractivity contribution is -0.124. The van der Waals surface area contributed by atoms with Gasteiger partial charge in [-0.25, -0.2) is 0 Å². The third kappa shape index (κ3) is 2.08.